The maximum Gasteiger partial charge on any atom is 0.416 e. The zero-order valence-corrected chi connectivity index (χ0v) is 21.6. The second-order valence-corrected chi connectivity index (χ2v) is 9.77. The molecule has 7 nitrogen and oxygen atoms in total. The Morgan fingerprint density at radius 2 is 1.85 bits per heavy atom. The molecular weight excluding hydrogens is 509 g/mol. The Labute approximate surface area is 224 Å². The first-order valence-corrected chi connectivity index (χ1v) is 12.7. The van der Waals surface area contributed by atoms with E-state index in [4.69, 9.17) is 15.2 Å². The van der Waals surface area contributed by atoms with Gasteiger partial charge >= 0.3 is 6.18 Å². The van der Waals surface area contributed by atoms with E-state index in [1.807, 2.05) is 22.7 Å². The molecule has 1 aliphatic rings. The molecule has 1 atom stereocenters. The SMILES string of the molecule is CC(Oc1cc(-c2cnc3cc(OC4CCN(C)CC4)ccn23)ccc1C(N)=O)c1ccccc1C(F)(F)F. The first kappa shape index (κ1) is 26.6. The van der Waals surface area contributed by atoms with Gasteiger partial charge in [-0.05, 0) is 51.1 Å². The molecule has 0 aliphatic carbocycles. The molecule has 1 amide bonds. The average molecular weight is 539 g/mol. The van der Waals surface area contributed by atoms with Gasteiger partial charge in [-0.15, -0.1) is 0 Å². The largest absolute Gasteiger partial charge is 0.490 e. The van der Waals surface area contributed by atoms with Crippen molar-refractivity contribution in [1.82, 2.24) is 14.3 Å². The molecule has 0 radical (unpaired) electrons. The van der Waals surface area contributed by atoms with Crippen LogP contribution in [0, 0.1) is 0 Å². The number of halogens is 3. The van der Waals surface area contributed by atoms with Crippen LogP contribution in [0.5, 0.6) is 11.5 Å². The van der Waals surface area contributed by atoms with Gasteiger partial charge in [0, 0.05) is 36.5 Å². The van der Waals surface area contributed by atoms with Crippen molar-refractivity contribution in [2.24, 2.45) is 5.73 Å². The molecule has 204 valence electrons. The summed E-state index contributed by atoms with van der Waals surface area (Å²) in [5.74, 6) is 0.0720. The van der Waals surface area contributed by atoms with Crippen LogP contribution in [0.3, 0.4) is 0 Å². The summed E-state index contributed by atoms with van der Waals surface area (Å²) in [6, 6.07) is 13.7. The lowest BCUT2D eigenvalue weighted by atomic mass is 10.0. The van der Waals surface area contributed by atoms with E-state index in [1.165, 1.54) is 31.2 Å². The summed E-state index contributed by atoms with van der Waals surface area (Å²) in [7, 11) is 2.10. The van der Waals surface area contributed by atoms with Crippen molar-refractivity contribution in [2.75, 3.05) is 20.1 Å². The van der Waals surface area contributed by atoms with Crippen LogP contribution >= 0.6 is 0 Å². The summed E-state index contributed by atoms with van der Waals surface area (Å²) in [6.45, 7) is 3.49. The number of primary amides is 1. The summed E-state index contributed by atoms with van der Waals surface area (Å²) >= 11 is 0. The van der Waals surface area contributed by atoms with E-state index in [2.05, 4.69) is 16.9 Å². The van der Waals surface area contributed by atoms with Gasteiger partial charge in [-0.3, -0.25) is 9.20 Å². The van der Waals surface area contributed by atoms with Gasteiger partial charge in [-0.25, -0.2) is 4.98 Å². The predicted octanol–water partition coefficient (Wildman–Crippen LogP) is 5.73. The van der Waals surface area contributed by atoms with Gasteiger partial charge in [0.15, 0.2) is 0 Å². The quantitative estimate of drug-likeness (QED) is 0.325. The molecular formula is C29H29F3N4O3. The average Bonchev–Trinajstić information content (AvgIpc) is 3.32. The lowest BCUT2D eigenvalue weighted by molar-refractivity contribution is -0.139. The number of carbonyl (C=O) groups excluding carboxylic acids is 1. The minimum atomic E-state index is -4.55. The van der Waals surface area contributed by atoms with Crippen LogP contribution in [0.15, 0.2) is 67.0 Å². The molecule has 5 rings (SSSR count). The van der Waals surface area contributed by atoms with E-state index >= 15 is 0 Å². The third-order valence-corrected chi connectivity index (χ3v) is 7.00. The van der Waals surface area contributed by atoms with Crippen LogP contribution in [0.4, 0.5) is 13.2 Å². The van der Waals surface area contributed by atoms with Crippen molar-refractivity contribution in [3.8, 4) is 22.8 Å². The monoisotopic (exact) mass is 538 g/mol. The number of ether oxygens (including phenoxy) is 2. The summed E-state index contributed by atoms with van der Waals surface area (Å²) < 4.78 is 54.7. The summed E-state index contributed by atoms with van der Waals surface area (Å²) in [5.41, 5.74) is 6.82. The van der Waals surface area contributed by atoms with E-state index in [1.54, 1.807) is 18.3 Å². The number of imidazole rings is 1. The number of carbonyl (C=O) groups is 1. The number of nitrogens with two attached hydrogens (primary N) is 1. The highest BCUT2D eigenvalue weighted by Crippen LogP contribution is 2.37. The van der Waals surface area contributed by atoms with Crippen LogP contribution in [-0.4, -0.2) is 46.4 Å². The molecule has 0 bridgehead atoms. The topological polar surface area (TPSA) is 82.1 Å². The Bertz CT molecular complexity index is 1490. The van der Waals surface area contributed by atoms with Gasteiger partial charge in [0.25, 0.3) is 5.91 Å². The van der Waals surface area contributed by atoms with Crippen LogP contribution in [0.25, 0.3) is 16.9 Å². The number of benzene rings is 2. The molecule has 39 heavy (non-hydrogen) atoms. The number of fused-ring (bicyclic) bond motifs is 1. The Morgan fingerprint density at radius 1 is 1.10 bits per heavy atom. The van der Waals surface area contributed by atoms with Crippen LogP contribution in [-0.2, 0) is 6.18 Å². The number of amides is 1. The van der Waals surface area contributed by atoms with Gasteiger partial charge in [0.05, 0.1) is 23.0 Å². The molecule has 1 fully saturated rings. The fourth-order valence-electron chi connectivity index (χ4n) is 4.89. The Morgan fingerprint density at radius 3 is 2.56 bits per heavy atom. The molecule has 2 aromatic heterocycles. The number of alkyl halides is 3. The van der Waals surface area contributed by atoms with Gasteiger partial charge in [-0.2, -0.15) is 13.2 Å². The van der Waals surface area contributed by atoms with Crippen molar-refractivity contribution in [3.05, 3.63) is 83.7 Å². The Balaban J connectivity index is 1.43. The zero-order chi connectivity index (χ0) is 27.7. The highest BCUT2D eigenvalue weighted by Gasteiger charge is 2.35. The third-order valence-electron chi connectivity index (χ3n) is 7.00. The lowest BCUT2D eigenvalue weighted by Crippen LogP contribution is -2.35. The number of hydrogen-bond donors (Lipinski definition) is 1. The van der Waals surface area contributed by atoms with Gasteiger partial charge < -0.3 is 20.1 Å². The number of rotatable bonds is 7. The van der Waals surface area contributed by atoms with E-state index in [0.717, 1.165) is 37.7 Å². The summed E-state index contributed by atoms with van der Waals surface area (Å²) in [6.07, 6.45) is 0.0629. The molecule has 10 heteroatoms. The van der Waals surface area contributed by atoms with Crippen molar-refractivity contribution >= 4 is 11.6 Å². The standard InChI is InChI=1S/C29H29F3N4O3/c1-18(22-5-3-4-6-24(22)29(30,31)32)38-26-15-19(7-8-23(26)28(33)37)25-17-34-27-16-21(11-14-36(25)27)39-20-9-12-35(2)13-10-20/h3-8,11,14-18,20H,9-10,12-13H2,1-2H3,(H2,33,37). The molecule has 1 aliphatic heterocycles. The summed E-state index contributed by atoms with van der Waals surface area (Å²) in [5, 5.41) is 0. The first-order valence-electron chi connectivity index (χ1n) is 12.7. The van der Waals surface area contributed by atoms with Crippen LogP contribution in [0.2, 0.25) is 0 Å². The number of piperidine rings is 1. The number of likely N-dealkylation sites (tertiary alicyclic amines) is 1. The van der Waals surface area contributed by atoms with Crippen LogP contribution < -0.4 is 15.2 Å². The molecule has 2 N–H and O–H groups in total. The lowest BCUT2D eigenvalue weighted by Gasteiger charge is -2.29. The number of hydrogen-bond acceptors (Lipinski definition) is 5. The molecule has 2 aromatic carbocycles. The highest BCUT2D eigenvalue weighted by atomic mass is 19.4. The zero-order valence-electron chi connectivity index (χ0n) is 21.6. The molecule has 4 aromatic rings. The maximum atomic E-state index is 13.6. The Kier molecular flexibility index (Phi) is 7.22. The summed E-state index contributed by atoms with van der Waals surface area (Å²) in [4.78, 5) is 18.9. The molecule has 1 unspecified atom stereocenters. The number of aromatic nitrogens is 2. The maximum absolute atomic E-state index is 13.6. The van der Waals surface area contributed by atoms with Gasteiger partial charge in [0.2, 0.25) is 0 Å². The van der Waals surface area contributed by atoms with E-state index in [9.17, 15) is 18.0 Å². The number of nitrogens with zero attached hydrogens (tertiary/aromatic N) is 3. The second kappa shape index (κ2) is 10.6. The van der Waals surface area contributed by atoms with Crippen molar-refractivity contribution in [2.45, 2.75) is 38.1 Å². The minimum absolute atomic E-state index is 0.0437. The highest BCUT2D eigenvalue weighted by molar-refractivity contribution is 5.96. The van der Waals surface area contributed by atoms with Crippen molar-refractivity contribution in [1.29, 1.82) is 0 Å². The fraction of sp³-hybridized carbons (Fsp3) is 0.310. The molecule has 1 saturated heterocycles. The minimum Gasteiger partial charge on any atom is -0.490 e. The third kappa shape index (κ3) is 5.70. The van der Waals surface area contributed by atoms with E-state index < -0.39 is 23.8 Å². The van der Waals surface area contributed by atoms with E-state index in [-0.39, 0.29) is 23.0 Å². The van der Waals surface area contributed by atoms with E-state index in [0.29, 0.717) is 16.9 Å². The normalized spacial score (nSPS) is 15.8. The molecule has 3 heterocycles. The molecule has 0 spiro atoms. The predicted molar refractivity (Wildman–Crippen MR) is 141 cm³/mol. The Hall–Kier alpha value is -4.05. The van der Waals surface area contributed by atoms with Gasteiger partial charge in [0.1, 0.15) is 29.4 Å². The van der Waals surface area contributed by atoms with Crippen molar-refractivity contribution in [3.63, 3.8) is 0 Å². The smallest absolute Gasteiger partial charge is 0.416 e. The molecule has 0 saturated carbocycles. The number of pyridine rings is 1. The fourth-order valence-corrected chi connectivity index (χ4v) is 4.89. The second-order valence-electron chi connectivity index (χ2n) is 9.77. The first-order chi connectivity index (χ1) is 18.6. The van der Waals surface area contributed by atoms with Gasteiger partial charge in [-0.1, -0.05) is 24.3 Å². The van der Waals surface area contributed by atoms with Crippen molar-refractivity contribution < 1.29 is 27.4 Å². The van der Waals surface area contributed by atoms with Crippen LogP contribution in [0.1, 0.15) is 47.4 Å².